The molecule has 0 aromatic rings. The SMILES string of the molecule is CC(=O)O[C@H]1C[C@@]2(CO)[C@@H](C=C1C)O[C@@H]1[C@H](O)[C@@H](O)[C@@]2(C)C12CO2. The van der Waals surface area contributed by atoms with Gasteiger partial charge in [0.05, 0.1) is 25.4 Å². The van der Waals surface area contributed by atoms with Gasteiger partial charge in [0.2, 0.25) is 0 Å². The number of hydrogen-bond donors (Lipinski definition) is 3. The zero-order valence-electron chi connectivity index (χ0n) is 14.1. The van der Waals surface area contributed by atoms with Crippen LogP contribution in [0.1, 0.15) is 27.2 Å². The van der Waals surface area contributed by atoms with Crippen LogP contribution in [0.5, 0.6) is 0 Å². The molecule has 7 heteroatoms. The van der Waals surface area contributed by atoms with Crippen molar-refractivity contribution in [2.24, 2.45) is 10.8 Å². The summed E-state index contributed by atoms with van der Waals surface area (Å²) in [5.74, 6) is -0.400. The van der Waals surface area contributed by atoms with Gasteiger partial charge in [-0.25, -0.2) is 0 Å². The quantitative estimate of drug-likeness (QED) is 0.354. The summed E-state index contributed by atoms with van der Waals surface area (Å²) in [4.78, 5) is 11.4. The molecule has 3 N–H and O–H groups in total. The Morgan fingerprint density at radius 1 is 1.46 bits per heavy atom. The maximum absolute atomic E-state index is 11.4. The summed E-state index contributed by atoms with van der Waals surface area (Å²) in [5, 5.41) is 31.7. The van der Waals surface area contributed by atoms with Crippen LogP contribution in [0.15, 0.2) is 11.6 Å². The van der Waals surface area contributed by atoms with Crippen LogP contribution in [-0.2, 0) is 19.0 Å². The molecular formula is C17H24O7. The monoisotopic (exact) mass is 340 g/mol. The van der Waals surface area contributed by atoms with E-state index in [9.17, 15) is 20.1 Å². The van der Waals surface area contributed by atoms with Crippen LogP contribution in [0.4, 0.5) is 0 Å². The lowest BCUT2D eigenvalue weighted by Gasteiger charge is -2.58. The summed E-state index contributed by atoms with van der Waals surface area (Å²) in [6.07, 6.45) is -1.61. The molecule has 2 bridgehead atoms. The van der Waals surface area contributed by atoms with Gasteiger partial charge in [-0.15, -0.1) is 0 Å². The van der Waals surface area contributed by atoms with Crippen LogP contribution in [-0.4, -0.2) is 70.6 Å². The molecule has 7 nitrogen and oxygen atoms in total. The highest BCUT2D eigenvalue weighted by atomic mass is 16.6. The van der Waals surface area contributed by atoms with Crippen LogP contribution in [0.25, 0.3) is 0 Å². The van der Waals surface area contributed by atoms with Gasteiger partial charge in [-0.2, -0.15) is 0 Å². The first-order chi connectivity index (χ1) is 11.2. The molecule has 4 aliphatic rings. The minimum absolute atomic E-state index is 0.267. The standard InChI is InChI=1S/C17H24O7/c1-8-4-11-16(6-18,5-10(8)23-9(2)19)15(3)13(21)12(20)14(24-11)17(15)7-22-17/h4,10-14,18,20-21H,5-7H2,1-3H3/t10-,11+,12+,13+,14+,15+,16+,17?/m0/s1. The number of esters is 1. The van der Waals surface area contributed by atoms with Crippen molar-refractivity contribution in [1.29, 1.82) is 0 Å². The molecule has 4 rings (SSSR count). The Morgan fingerprint density at radius 2 is 2.12 bits per heavy atom. The van der Waals surface area contributed by atoms with Gasteiger partial charge in [0.25, 0.3) is 0 Å². The summed E-state index contributed by atoms with van der Waals surface area (Å²) in [5.41, 5.74) is -1.77. The fourth-order valence-electron chi connectivity index (χ4n) is 5.38. The van der Waals surface area contributed by atoms with E-state index < -0.39 is 52.9 Å². The minimum atomic E-state index is -1.09. The fourth-order valence-corrected chi connectivity index (χ4v) is 5.38. The molecule has 1 unspecified atom stereocenters. The molecule has 2 heterocycles. The number of epoxide rings is 1. The van der Waals surface area contributed by atoms with Crippen molar-refractivity contribution < 1.29 is 34.3 Å². The Kier molecular flexibility index (Phi) is 3.29. The van der Waals surface area contributed by atoms with Gasteiger partial charge in [-0.1, -0.05) is 13.0 Å². The molecule has 3 fully saturated rings. The van der Waals surface area contributed by atoms with Crippen molar-refractivity contribution in [2.45, 2.75) is 63.3 Å². The van der Waals surface area contributed by atoms with Crippen molar-refractivity contribution >= 4 is 5.97 Å². The molecule has 0 amide bonds. The molecule has 0 radical (unpaired) electrons. The summed E-state index contributed by atoms with van der Waals surface area (Å²) in [6.45, 7) is 5.15. The van der Waals surface area contributed by atoms with E-state index in [1.807, 2.05) is 19.9 Å². The van der Waals surface area contributed by atoms with Gasteiger partial charge in [0.15, 0.2) is 0 Å². The second-order valence-corrected chi connectivity index (χ2v) is 7.82. The van der Waals surface area contributed by atoms with E-state index in [-0.39, 0.29) is 6.61 Å². The zero-order chi connectivity index (χ0) is 17.5. The number of ether oxygens (including phenoxy) is 3. The van der Waals surface area contributed by atoms with E-state index in [0.29, 0.717) is 13.0 Å². The third-order valence-corrected chi connectivity index (χ3v) is 6.95. The maximum atomic E-state index is 11.4. The van der Waals surface area contributed by atoms with Gasteiger partial charge in [-0.3, -0.25) is 4.79 Å². The van der Waals surface area contributed by atoms with Gasteiger partial charge < -0.3 is 29.5 Å². The zero-order valence-corrected chi connectivity index (χ0v) is 14.1. The van der Waals surface area contributed by atoms with E-state index in [0.717, 1.165) is 5.57 Å². The number of hydrogen-bond acceptors (Lipinski definition) is 7. The van der Waals surface area contributed by atoms with Gasteiger partial charge in [0.1, 0.15) is 23.9 Å². The highest BCUT2D eigenvalue weighted by molar-refractivity contribution is 5.66. The highest BCUT2D eigenvalue weighted by Gasteiger charge is 2.84. The number of aliphatic hydroxyl groups excluding tert-OH is 3. The molecule has 8 atom stereocenters. The third kappa shape index (κ3) is 1.62. The number of carbonyl (C=O) groups is 1. The minimum Gasteiger partial charge on any atom is -0.458 e. The second kappa shape index (κ2) is 4.80. The Morgan fingerprint density at radius 3 is 2.67 bits per heavy atom. The van der Waals surface area contributed by atoms with Crippen LogP contribution in [0, 0.1) is 10.8 Å². The van der Waals surface area contributed by atoms with Gasteiger partial charge in [-0.05, 0) is 18.9 Å². The first-order valence-electron chi connectivity index (χ1n) is 8.35. The average Bonchev–Trinajstić information content (AvgIpc) is 3.31. The Balaban J connectivity index is 1.84. The second-order valence-electron chi connectivity index (χ2n) is 7.82. The van der Waals surface area contributed by atoms with Crippen molar-refractivity contribution in [3.8, 4) is 0 Å². The lowest BCUT2D eigenvalue weighted by molar-refractivity contribution is -0.235. The molecular weight excluding hydrogens is 316 g/mol. The van der Waals surface area contributed by atoms with E-state index in [4.69, 9.17) is 14.2 Å². The Labute approximate surface area is 140 Å². The summed E-state index contributed by atoms with van der Waals surface area (Å²) in [6, 6.07) is 0. The largest absolute Gasteiger partial charge is 0.458 e. The summed E-state index contributed by atoms with van der Waals surface area (Å²) < 4.78 is 17.2. The van der Waals surface area contributed by atoms with Crippen molar-refractivity contribution in [3.05, 3.63) is 11.6 Å². The topological polar surface area (TPSA) is 109 Å². The van der Waals surface area contributed by atoms with Gasteiger partial charge in [0, 0.05) is 17.8 Å². The van der Waals surface area contributed by atoms with E-state index >= 15 is 0 Å². The molecule has 2 saturated heterocycles. The number of rotatable bonds is 2. The predicted octanol–water partition coefficient (Wildman–Crippen LogP) is -0.475. The van der Waals surface area contributed by atoms with E-state index in [1.165, 1.54) is 6.92 Å². The number of fused-ring (bicyclic) bond motifs is 2. The normalized spacial score (nSPS) is 55.1. The molecule has 0 aromatic heterocycles. The molecule has 0 aromatic carbocycles. The van der Waals surface area contributed by atoms with Crippen molar-refractivity contribution in [2.75, 3.05) is 13.2 Å². The Bertz CT molecular complexity index is 612. The van der Waals surface area contributed by atoms with Gasteiger partial charge >= 0.3 is 5.97 Å². The average molecular weight is 340 g/mol. The number of aliphatic hydroxyl groups is 3. The van der Waals surface area contributed by atoms with E-state index in [1.54, 1.807) is 0 Å². The first kappa shape index (κ1) is 16.5. The smallest absolute Gasteiger partial charge is 0.303 e. The maximum Gasteiger partial charge on any atom is 0.303 e. The molecule has 1 spiro atoms. The van der Waals surface area contributed by atoms with Crippen LogP contribution < -0.4 is 0 Å². The molecule has 2 aliphatic carbocycles. The predicted molar refractivity (Wildman–Crippen MR) is 80.9 cm³/mol. The van der Waals surface area contributed by atoms with Crippen LogP contribution in [0.2, 0.25) is 0 Å². The lowest BCUT2D eigenvalue weighted by atomic mass is 9.51. The van der Waals surface area contributed by atoms with E-state index in [2.05, 4.69) is 0 Å². The van der Waals surface area contributed by atoms with Crippen LogP contribution in [0.3, 0.4) is 0 Å². The fraction of sp³-hybridized carbons (Fsp3) is 0.824. The molecule has 1 saturated carbocycles. The summed E-state index contributed by atoms with van der Waals surface area (Å²) in [7, 11) is 0. The molecule has 24 heavy (non-hydrogen) atoms. The van der Waals surface area contributed by atoms with Crippen molar-refractivity contribution in [1.82, 2.24) is 0 Å². The molecule has 2 aliphatic heterocycles. The summed E-state index contributed by atoms with van der Waals surface area (Å²) >= 11 is 0. The third-order valence-electron chi connectivity index (χ3n) is 6.95. The Hall–Kier alpha value is -0.990. The first-order valence-corrected chi connectivity index (χ1v) is 8.35. The van der Waals surface area contributed by atoms with Crippen LogP contribution >= 0.6 is 0 Å². The molecule has 134 valence electrons. The number of carbonyl (C=O) groups excluding carboxylic acids is 1. The lowest BCUT2D eigenvalue weighted by Crippen LogP contribution is -2.67. The van der Waals surface area contributed by atoms with Crippen molar-refractivity contribution in [3.63, 3.8) is 0 Å². The highest BCUT2D eigenvalue weighted by Crippen LogP contribution is 2.71.